The Labute approximate surface area is 228 Å². The maximum absolute atomic E-state index is 13.7. The SMILES string of the molecule is CCC1=C2[C@@H](CC/C(C)=C/c3ccc(O)c(F)c3)OB(O)C[C@@H]2[C@@H]2C(=O)N(CCCCCC(=O)O)C(=O)[C@@H]2C1. The van der Waals surface area contributed by atoms with Crippen molar-refractivity contribution in [3.05, 3.63) is 46.3 Å². The van der Waals surface area contributed by atoms with Crippen LogP contribution in [-0.4, -0.2) is 57.7 Å². The summed E-state index contributed by atoms with van der Waals surface area (Å²) in [6, 6.07) is 4.23. The number of phenolic OH excluding ortho intramolecular Hbond substituents is 1. The van der Waals surface area contributed by atoms with Crippen molar-refractivity contribution < 1.29 is 38.7 Å². The van der Waals surface area contributed by atoms with Crippen molar-refractivity contribution in [1.29, 1.82) is 0 Å². The number of phenols is 1. The van der Waals surface area contributed by atoms with Crippen LogP contribution in [-0.2, 0) is 19.0 Å². The first-order valence-corrected chi connectivity index (χ1v) is 13.9. The highest BCUT2D eigenvalue weighted by atomic mass is 19.1. The van der Waals surface area contributed by atoms with Crippen LogP contribution in [0.2, 0.25) is 6.32 Å². The van der Waals surface area contributed by atoms with Gasteiger partial charge in [0.2, 0.25) is 11.8 Å². The number of amides is 2. The number of unbranched alkanes of at least 4 members (excludes halogenated alkanes) is 2. The number of nitrogens with zero attached hydrogens (tertiary/aromatic N) is 1. The lowest BCUT2D eigenvalue weighted by Gasteiger charge is -2.43. The zero-order valence-electron chi connectivity index (χ0n) is 22.6. The number of carbonyl (C=O) groups is 3. The van der Waals surface area contributed by atoms with Gasteiger partial charge < -0.3 is 19.9 Å². The summed E-state index contributed by atoms with van der Waals surface area (Å²) in [6.07, 6.45) is 5.93. The number of carboxylic acid groups (broad SMARTS) is 1. The maximum atomic E-state index is 13.7. The van der Waals surface area contributed by atoms with Gasteiger partial charge in [0.15, 0.2) is 11.6 Å². The molecule has 2 saturated heterocycles. The minimum Gasteiger partial charge on any atom is -0.505 e. The van der Waals surface area contributed by atoms with Gasteiger partial charge in [0, 0.05) is 13.0 Å². The van der Waals surface area contributed by atoms with Gasteiger partial charge in [-0.05, 0) is 81.0 Å². The number of hydrogen-bond donors (Lipinski definition) is 3. The molecule has 0 saturated carbocycles. The van der Waals surface area contributed by atoms with Crippen molar-refractivity contribution in [3.8, 4) is 5.75 Å². The van der Waals surface area contributed by atoms with E-state index in [1.165, 1.54) is 17.0 Å². The monoisotopic (exact) mass is 541 g/mol. The molecule has 0 spiro atoms. The molecule has 0 bridgehead atoms. The van der Waals surface area contributed by atoms with Crippen molar-refractivity contribution in [1.82, 2.24) is 4.90 Å². The number of carbonyl (C=O) groups excluding carboxylic acids is 2. The molecule has 3 N–H and O–H groups in total. The third-order valence-corrected chi connectivity index (χ3v) is 8.28. The summed E-state index contributed by atoms with van der Waals surface area (Å²) >= 11 is 0. The number of carboxylic acids is 1. The summed E-state index contributed by atoms with van der Waals surface area (Å²) in [4.78, 5) is 38.9. The third kappa shape index (κ3) is 6.44. The van der Waals surface area contributed by atoms with Crippen molar-refractivity contribution in [2.24, 2.45) is 17.8 Å². The molecule has 0 unspecified atom stereocenters. The number of likely N-dealkylation sites (tertiary alicyclic amines) is 1. The smallest absolute Gasteiger partial charge is 0.455 e. The molecule has 210 valence electrons. The fraction of sp³-hybridized carbons (Fsp3) is 0.552. The predicted molar refractivity (Wildman–Crippen MR) is 144 cm³/mol. The quantitative estimate of drug-likeness (QED) is 0.162. The molecule has 4 rings (SSSR count). The highest BCUT2D eigenvalue weighted by Gasteiger charge is 2.56. The third-order valence-electron chi connectivity index (χ3n) is 8.28. The molecule has 0 radical (unpaired) electrons. The number of aromatic hydroxyl groups is 1. The van der Waals surface area contributed by atoms with Gasteiger partial charge in [-0.1, -0.05) is 36.6 Å². The van der Waals surface area contributed by atoms with E-state index in [0.717, 1.165) is 23.1 Å². The predicted octanol–water partition coefficient (Wildman–Crippen LogP) is 4.57. The molecule has 2 heterocycles. The van der Waals surface area contributed by atoms with Crippen LogP contribution in [0.4, 0.5) is 4.39 Å². The Hall–Kier alpha value is -2.98. The largest absolute Gasteiger partial charge is 0.505 e. The molecule has 2 aliphatic heterocycles. The molecule has 8 nitrogen and oxygen atoms in total. The number of imide groups is 1. The van der Waals surface area contributed by atoms with Crippen LogP contribution in [0.15, 0.2) is 34.9 Å². The van der Waals surface area contributed by atoms with Crippen molar-refractivity contribution in [2.75, 3.05) is 6.54 Å². The molecule has 4 atom stereocenters. The Morgan fingerprint density at radius 2 is 1.95 bits per heavy atom. The standard InChI is InChI=1S/C29H37BFNO7/c1-3-19-15-20-27(29(37)32(28(20)36)12-6-4-5-7-25(34)35)21-16-30(38)39-24(26(19)21)11-8-17(2)13-18-9-10-23(33)22(31)14-18/h9-10,13-14,20-21,24,27,33,38H,3-8,11-12,15-16H2,1-2H3,(H,34,35)/b17-13+/t20-,21+,24-,27-/m1/s1. The van der Waals surface area contributed by atoms with E-state index in [1.807, 2.05) is 19.9 Å². The second-order valence-electron chi connectivity index (χ2n) is 10.9. The number of aliphatic carboxylic acids is 1. The average Bonchev–Trinajstić information content (AvgIpc) is 3.13. The van der Waals surface area contributed by atoms with E-state index in [-0.39, 0.29) is 43.1 Å². The summed E-state index contributed by atoms with van der Waals surface area (Å²) in [6.45, 7) is 4.26. The van der Waals surface area contributed by atoms with Gasteiger partial charge in [0.1, 0.15) is 0 Å². The van der Waals surface area contributed by atoms with E-state index in [0.29, 0.717) is 44.1 Å². The summed E-state index contributed by atoms with van der Waals surface area (Å²) in [5.41, 5.74) is 3.77. The van der Waals surface area contributed by atoms with Gasteiger partial charge in [-0.15, -0.1) is 0 Å². The first-order valence-electron chi connectivity index (χ1n) is 13.9. The van der Waals surface area contributed by atoms with E-state index in [4.69, 9.17) is 9.76 Å². The lowest BCUT2D eigenvalue weighted by molar-refractivity contribution is -0.141. The van der Waals surface area contributed by atoms with Gasteiger partial charge >= 0.3 is 13.1 Å². The second kappa shape index (κ2) is 12.5. The Morgan fingerprint density at radius 3 is 2.64 bits per heavy atom. The first kappa shape index (κ1) is 29.0. The summed E-state index contributed by atoms with van der Waals surface area (Å²) in [5.74, 6) is -3.50. The number of hydrogen-bond acceptors (Lipinski definition) is 6. The molecular weight excluding hydrogens is 504 g/mol. The van der Waals surface area contributed by atoms with Crippen molar-refractivity contribution >= 4 is 31.0 Å². The lowest BCUT2D eigenvalue weighted by atomic mass is 9.58. The fourth-order valence-corrected chi connectivity index (χ4v) is 6.44. The molecule has 2 amide bonds. The second-order valence-corrected chi connectivity index (χ2v) is 10.9. The van der Waals surface area contributed by atoms with Crippen LogP contribution >= 0.6 is 0 Å². The Bertz CT molecular complexity index is 1180. The van der Waals surface area contributed by atoms with E-state index in [9.17, 15) is 28.9 Å². The Balaban J connectivity index is 1.48. The Morgan fingerprint density at radius 1 is 1.18 bits per heavy atom. The summed E-state index contributed by atoms with van der Waals surface area (Å²) < 4.78 is 19.7. The zero-order valence-corrected chi connectivity index (χ0v) is 22.6. The van der Waals surface area contributed by atoms with Gasteiger partial charge in [-0.2, -0.15) is 0 Å². The van der Waals surface area contributed by atoms with Crippen molar-refractivity contribution in [3.63, 3.8) is 0 Å². The molecule has 2 fully saturated rings. The van der Waals surface area contributed by atoms with E-state index in [2.05, 4.69) is 0 Å². The Kier molecular flexibility index (Phi) is 9.28. The molecule has 0 aromatic heterocycles. The first-order chi connectivity index (χ1) is 18.6. The molecular formula is C29H37BFNO7. The lowest BCUT2D eigenvalue weighted by Crippen LogP contribution is -2.46. The summed E-state index contributed by atoms with van der Waals surface area (Å²) in [7, 11) is -1.04. The minimum atomic E-state index is -1.04. The van der Waals surface area contributed by atoms with E-state index >= 15 is 0 Å². The molecule has 1 aromatic carbocycles. The minimum absolute atomic E-state index is 0.0716. The number of rotatable bonds is 11. The van der Waals surface area contributed by atoms with Gasteiger partial charge in [0.05, 0.1) is 17.9 Å². The fourth-order valence-electron chi connectivity index (χ4n) is 6.44. The number of fused-ring (bicyclic) bond motifs is 3. The van der Waals surface area contributed by atoms with Gasteiger partial charge in [-0.3, -0.25) is 19.3 Å². The maximum Gasteiger partial charge on any atom is 0.455 e. The van der Waals surface area contributed by atoms with Crippen LogP contribution in [0, 0.1) is 23.6 Å². The molecule has 39 heavy (non-hydrogen) atoms. The van der Waals surface area contributed by atoms with E-state index in [1.54, 1.807) is 6.07 Å². The normalized spacial score (nSPS) is 25.3. The highest BCUT2D eigenvalue weighted by molar-refractivity contribution is 6.43. The molecule has 3 aliphatic rings. The highest BCUT2D eigenvalue weighted by Crippen LogP contribution is 2.51. The number of halogens is 1. The van der Waals surface area contributed by atoms with Gasteiger partial charge in [0.25, 0.3) is 0 Å². The topological polar surface area (TPSA) is 124 Å². The van der Waals surface area contributed by atoms with Crippen LogP contribution in [0.5, 0.6) is 5.75 Å². The zero-order chi connectivity index (χ0) is 28.3. The van der Waals surface area contributed by atoms with Crippen LogP contribution in [0.25, 0.3) is 6.08 Å². The average molecular weight is 541 g/mol. The van der Waals surface area contributed by atoms with Crippen LogP contribution in [0.3, 0.4) is 0 Å². The van der Waals surface area contributed by atoms with Crippen molar-refractivity contribution in [2.45, 2.75) is 77.6 Å². The van der Waals surface area contributed by atoms with Gasteiger partial charge in [-0.25, -0.2) is 4.39 Å². The molecule has 1 aliphatic carbocycles. The van der Waals surface area contributed by atoms with Crippen LogP contribution < -0.4 is 0 Å². The molecule has 1 aromatic rings. The molecule has 10 heteroatoms. The van der Waals surface area contributed by atoms with E-state index < -0.39 is 36.5 Å². The summed E-state index contributed by atoms with van der Waals surface area (Å²) in [5, 5.41) is 28.9. The van der Waals surface area contributed by atoms with Crippen LogP contribution in [0.1, 0.15) is 70.8 Å². The number of benzene rings is 1. The number of allylic oxidation sites excluding steroid dienone is 2.